The summed E-state index contributed by atoms with van der Waals surface area (Å²) in [5.74, 6) is 0.535. The van der Waals surface area contributed by atoms with E-state index in [0.29, 0.717) is 5.92 Å². The van der Waals surface area contributed by atoms with Crippen LogP contribution in [0.15, 0.2) is 30.6 Å². The summed E-state index contributed by atoms with van der Waals surface area (Å²) in [5.41, 5.74) is 2.65. The summed E-state index contributed by atoms with van der Waals surface area (Å²) in [6, 6.07) is 6.52. The summed E-state index contributed by atoms with van der Waals surface area (Å²) in [6.45, 7) is 6.54. The van der Waals surface area contributed by atoms with Crippen molar-refractivity contribution in [2.45, 2.75) is 26.7 Å². The number of pyridine rings is 1. The number of nitrogens with zero attached hydrogens (tertiary/aromatic N) is 1. The molecule has 1 heterocycles. The van der Waals surface area contributed by atoms with Gasteiger partial charge in [-0.25, -0.2) is 0 Å². The van der Waals surface area contributed by atoms with Crippen LogP contribution in [0, 0.1) is 6.92 Å². The largest absolute Gasteiger partial charge is 0.264 e. The molecule has 0 aliphatic heterocycles. The second-order valence-electron chi connectivity index (χ2n) is 4.11. The molecule has 1 aromatic carbocycles. The summed E-state index contributed by atoms with van der Waals surface area (Å²) < 4.78 is 0. The monoisotopic (exact) mass is 185 g/mol. The van der Waals surface area contributed by atoms with Gasteiger partial charge in [0, 0.05) is 17.8 Å². The van der Waals surface area contributed by atoms with Gasteiger partial charge < -0.3 is 0 Å². The van der Waals surface area contributed by atoms with E-state index in [0.717, 1.165) is 0 Å². The lowest BCUT2D eigenvalue weighted by Crippen LogP contribution is -1.91. The highest BCUT2D eigenvalue weighted by atomic mass is 14.6. The lowest BCUT2D eigenvalue weighted by Gasteiger charge is -2.09. The fraction of sp³-hybridized carbons (Fsp3) is 0.308. The smallest absolute Gasteiger partial charge is 0.0346 e. The van der Waals surface area contributed by atoms with Crippen molar-refractivity contribution in [3.8, 4) is 0 Å². The van der Waals surface area contributed by atoms with Crippen LogP contribution in [0.25, 0.3) is 10.8 Å². The van der Waals surface area contributed by atoms with Crippen molar-refractivity contribution < 1.29 is 0 Å². The van der Waals surface area contributed by atoms with E-state index in [4.69, 9.17) is 0 Å². The maximum atomic E-state index is 4.26. The van der Waals surface area contributed by atoms with E-state index in [9.17, 15) is 0 Å². The van der Waals surface area contributed by atoms with Gasteiger partial charge in [-0.2, -0.15) is 0 Å². The summed E-state index contributed by atoms with van der Waals surface area (Å²) >= 11 is 0. The highest BCUT2D eigenvalue weighted by Crippen LogP contribution is 2.24. The topological polar surface area (TPSA) is 12.9 Å². The first-order valence-corrected chi connectivity index (χ1v) is 5.03. The zero-order valence-corrected chi connectivity index (χ0v) is 8.91. The van der Waals surface area contributed by atoms with Gasteiger partial charge in [0.05, 0.1) is 0 Å². The maximum Gasteiger partial charge on any atom is 0.0346 e. The number of hydrogen-bond acceptors (Lipinski definition) is 1. The van der Waals surface area contributed by atoms with E-state index < -0.39 is 0 Å². The standard InChI is InChI=1S/C13H15N/c1-9(2)13-8-14-7-11-5-4-10(3)6-12(11)13/h4-9H,1-3H3. The summed E-state index contributed by atoms with van der Waals surface area (Å²) in [6.07, 6.45) is 3.91. The van der Waals surface area contributed by atoms with Crippen LogP contribution in [-0.4, -0.2) is 4.98 Å². The summed E-state index contributed by atoms with van der Waals surface area (Å²) in [5, 5.41) is 2.58. The van der Waals surface area contributed by atoms with E-state index in [1.807, 2.05) is 12.4 Å². The number of fused-ring (bicyclic) bond motifs is 1. The number of benzene rings is 1. The first kappa shape index (κ1) is 9.20. The van der Waals surface area contributed by atoms with Gasteiger partial charge >= 0.3 is 0 Å². The van der Waals surface area contributed by atoms with Gasteiger partial charge in [-0.15, -0.1) is 0 Å². The zero-order chi connectivity index (χ0) is 10.1. The minimum absolute atomic E-state index is 0.535. The minimum Gasteiger partial charge on any atom is -0.264 e. The van der Waals surface area contributed by atoms with Gasteiger partial charge in [0.1, 0.15) is 0 Å². The van der Waals surface area contributed by atoms with Crippen molar-refractivity contribution >= 4 is 10.8 Å². The van der Waals surface area contributed by atoms with E-state index in [2.05, 4.69) is 44.0 Å². The molecular weight excluding hydrogens is 170 g/mol. The first-order chi connectivity index (χ1) is 6.68. The van der Waals surface area contributed by atoms with E-state index in [-0.39, 0.29) is 0 Å². The Morgan fingerprint density at radius 2 is 1.93 bits per heavy atom. The second-order valence-corrected chi connectivity index (χ2v) is 4.11. The molecule has 14 heavy (non-hydrogen) atoms. The molecule has 0 aliphatic carbocycles. The highest BCUT2D eigenvalue weighted by Gasteiger charge is 2.04. The van der Waals surface area contributed by atoms with Gasteiger partial charge in [0.15, 0.2) is 0 Å². The van der Waals surface area contributed by atoms with Gasteiger partial charge in [0.25, 0.3) is 0 Å². The molecule has 0 aliphatic rings. The quantitative estimate of drug-likeness (QED) is 0.660. The summed E-state index contributed by atoms with van der Waals surface area (Å²) in [7, 11) is 0. The SMILES string of the molecule is Cc1ccc2cncc(C(C)C)c2c1. The van der Waals surface area contributed by atoms with Gasteiger partial charge in [-0.05, 0) is 23.8 Å². The van der Waals surface area contributed by atoms with E-state index in [1.165, 1.54) is 21.9 Å². The number of rotatable bonds is 1. The number of aryl methyl sites for hydroxylation is 1. The van der Waals surface area contributed by atoms with E-state index >= 15 is 0 Å². The molecule has 72 valence electrons. The Morgan fingerprint density at radius 3 is 2.64 bits per heavy atom. The highest BCUT2D eigenvalue weighted by molar-refractivity contribution is 5.85. The Bertz CT molecular complexity index is 458. The predicted octanol–water partition coefficient (Wildman–Crippen LogP) is 3.67. The van der Waals surface area contributed by atoms with Crippen LogP contribution in [-0.2, 0) is 0 Å². The molecule has 0 atom stereocenters. The van der Waals surface area contributed by atoms with E-state index in [1.54, 1.807) is 0 Å². The molecule has 0 fully saturated rings. The van der Waals surface area contributed by atoms with Crippen molar-refractivity contribution in [1.82, 2.24) is 4.98 Å². The molecule has 2 rings (SSSR count). The summed E-state index contributed by atoms with van der Waals surface area (Å²) in [4.78, 5) is 4.26. The van der Waals surface area contributed by atoms with Gasteiger partial charge in [-0.3, -0.25) is 4.98 Å². The van der Waals surface area contributed by atoms with Crippen molar-refractivity contribution in [3.63, 3.8) is 0 Å². The Morgan fingerprint density at radius 1 is 1.14 bits per heavy atom. The average molecular weight is 185 g/mol. The molecule has 0 radical (unpaired) electrons. The van der Waals surface area contributed by atoms with Gasteiger partial charge in [-0.1, -0.05) is 37.6 Å². The van der Waals surface area contributed by atoms with Crippen LogP contribution in [0.2, 0.25) is 0 Å². The lowest BCUT2D eigenvalue weighted by molar-refractivity contribution is 0.869. The second kappa shape index (κ2) is 3.41. The van der Waals surface area contributed by atoms with Crippen LogP contribution in [0.1, 0.15) is 30.9 Å². The van der Waals surface area contributed by atoms with Crippen LogP contribution in [0.5, 0.6) is 0 Å². The zero-order valence-electron chi connectivity index (χ0n) is 8.91. The molecule has 0 unspecified atom stereocenters. The Balaban J connectivity index is 2.77. The molecule has 1 aromatic heterocycles. The molecule has 0 amide bonds. The fourth-order valence-electron chi connectivity index (χ4n) is 1.76. The minimum atomic E-state index is 0.535. The first-order valence-electron chi connectivity index (χ1n) is 5.03. The molecule has 0 N–H and O–H groups in total. The maximum absolute atomic E-state index is 4.26. The Labute approximate surface area is 84.8 Å². The van der Waals surface area contributed by atoms with Crippen LogP contribution < -0.4 is 0 Å². The molecule has 0 saturated carbocycles. The van der Waals surface area contributed by atoms with Crippen molar-refractivity contribution in [1.29, 1.82) is 0 Å². The molecule has 0 spiro atoms. The Kier molecular flexibility index (Phi) is 2.24. The van der Waals surface area contributed by atoms with Crippen LogP contribution >= 0.6 is 0 Å². The number of hydrogen-bond donors (Lipinski definition) is 0. The van der Waals surface area contributed by atoms with Crippen LogP contribution in [0.4, 0.5) is 0 Å². The molecule has 1 nitrogen and oxygen atoms in total. The molecule has 2 aromatic rings. The molecule has 1 heteroatoms. The fourth-order valence-corrected chi connectivity index (χ4v) is 1.76. The normalized spacial score (nSPS) is 11.1. The third-order valence-corrected chi connectivity index (χ3v) is 2.57. The average Bonchev–Trinajstić information content (AvgIpc) is 2.16. The lowest BCUT2D eigenvalue weighted by atomic mass is 9.98. The van der Waals surface area contributed by atoms with Crippen LogP contribution in [0.3, 0.4) is 0 Å². The van der Waals surface area contributed by atoms with Gasteiger partial charge in [0.2, 0.25) is 0 Å². The third-order valence-electron chi connectivity index (χ3n) is 2.57. The molecule has 0 bridgehead atoms. The molecular formula is C13H15N. The predicted molar refractivity (Wildman–Crippen MR) is 60.6 cm³/mol. The number of aromatic nitrogens is 1. The van der Waals surface area contributed by atoms with Crippen molar-refractivity contribution in [2.24, 2.45) is 0 Å². The third kappa shape index (κ3) is 1.50. The Hall–Kier alpha value is -1.37. The molecule has 0 saturated heterocycles. The van der Waals surface area contributed by atoms with Crippen molar-refractivity contribution in [2.75, 3.05) is 0 Å². The van der Waals surface area contributed by atoms with Crippen molar-refractivity contribution in [3.05, 3.63) is 41.7 Å².